The monoisotopic (exact) mass is 270 g/mol. The number of aromatic amines is 1. The molecule has 0 spiro atoms. The molecule has 18 heavy (non-hydrogen) atoms. The predicted molar refractivity (Wildman–Crippen MR) is 64.0 cm³/mol. The summed E-state index contributed by atoms with van der Waals surface area (Å²) in [5.74, 6) is -0.832. The maximum atomic E-state index is 13.1. The molecule has 2 aromatic heterocycles. The maximum Gasteiger partial charge on any atom is 0.328 e. The van der Waals surface area contributed by atoms with Crippen LogP contribution in [0.4, 0.5) is 10.2 Å². The molecule has 0 aliphatic carbocycles. The molecule has 0 atom stereocenters. The summed E-state index contributed by atoms with van der Waals surface area (Å²) in [7, 11) is 0. The Morgan fingerprint density at radius 3 is 2.89 bits per heavy atom. The Labute approximate surface area is 105 Å². The van der Waals surface area contributed by atoms with Crippen LogP contribution in [0.1, 0.15) is 5.69 Å². The minimum absolute atomic E-state index is 0.0869. The van der Waals surface area contributed by atoms with Gasteiger partial charge >= 0.3 is 5.69 Å². The molecule has 0 fully saturated rings. The summed E-state index contributed by atoms with van der Waals surface area (Å²) in [6.07, 6.45) is 0.794. The molecule has 0 unspecified atom stereocenters. The third kappa shape index (κ3) is 2.40. The SMILES string of the molecule is Nc1ccc(Cl)c(Cn2cc(F)c(=O)[nH]c2=O)n1. The number of nitrogens with one attached hydrogen (secondary N) is 1. The Balaban J connectivity index is 2.46. The van der Waals surface area contributed by atoms with Crippen molar-refractivity contribution in [2.45, 2.75) is 6.54 Å². The number of nitrogens with two attached hydrogens (primary N) is 1. The van der Waals surface area contributed by atoms with Gasteiger partial charge in [0, 0.05) is 0 Å². The number of rotatable bonds is 2. The molecule has 2 heterocycles. The quantitative estimate of drug-likeness (QED) is 0.824. The van der Waals surface area contributed by atoms with Crippen molar-refractivity contribution in [3.63, 3.8) is 0 Å². The van der Waals surface area contributed by atoms with E-state index in [4.69, 9.17) is 17.3 Å². The van der Waals surface area contributed by atoms with Crippen molar-refractivity contribution in [1.29, 1.82) is 0 Å². The average Bonchev–Trinajstić information content (AvgIpc) is 2.30. The first kappa shape index (κ1) is 12.3. The highest BCUT2D eigenvalue weighted by molar-refractivity contribution is 6.31. The van der Waals surface area contributed by atoms with E-state index in [-0.39, 0.29) is 12.4 Å². The standard InChI is InChI=1S/C10H8ClFN4O2/c11-5-1-2-8(13)14-7(5)4-16-3-6(12)9(17)15-10(16)18/h1-3H,4H2,(H2,13,14)(H,15,17,18). The molecule has 0 aromatic carbocycles. The zero-order valence-electron chi connectivity index (χ0n) is 8.98. The molecule has 0 radical (unpaired) electrons. The van der Waals surface area contributed by atoms with Gasteiger partial charge in [-0.2, -0.15) is 4.39 Å². The minimum atomic E-state index is -1.07. The van der Waals surface area contributed by atoms with Gasteiger partial charge in [0.25, 0.3) is 5.56 Å². The van der Waals surface area contributed by atoms with Crippen LogP contribution in [-0.4, -0.2) is 14.5 Å². The van der Waals surface area contributed by atoms with E-state index in [1.165, 1.54) is 12.1 Å². The van der Waals surface area contributed by atoms with E-state index in [0.29, 0.717) is 10.7 Å². The molecular formula is C10H8ClFN4O2. The van der Waals surface area contributed by atoms with Crippen LogP contribution in [-0.2, 0) is 6.54 Å². The first-order chi connectivity index (χ1) is 8.47. The zero-order chi connectivity index (χ0) is 13.3. The number of nitrogen functional groups attached to an aromatic ring is 1. The number of halogens is 2. The number of H-pyrrole nitrogens is 1. The van der Waals surface area contributed by atoms with Crippen molar-refractivity contribution in [1.82, 2.24) is 14.5 Å². The highest BCUT2D eigenvalue weighted by Crippen LogP contribution is 2.15. The van der Waals surface area contributed by atoms with Crippen molar-refractivity contribution in [2.24, 2.45) is 0 Å². The Bertz CT molecular complexity index is 710. The first-order valence-electron chi connectivity index (χ1n) is 4.87. The number of aromatic nitrogens is 3. The molecule has 0 aliphatic heterocycles. The van der Waals surface area contributed by atoms with E-state index in [1.54, 1.807) is 0 Å². The van der Waals surface area contributed by atoms with E-state index < -0.39 is 17.1 Å². The summed E-state index contributed by atoms with van der Waals surface area (Å²) in [6.45, 7) is -0.0869. The molecule has 6 nitrogen and oxygen atoms in total. The van der Waals surface area contributed by atoms with Crippen molar-refractivity contribution in [2.75, 3.05) is 5.73 Å². The third-order valence-electron chi connectivity index (χ3n) is 2.23. The Kier molecular flexibility index (Phi) is 3.15. The van der Waals surface area contributed by atoms with Gasteiger partial charge in [-0.1, -0.05) is 11.6 Å². The van der Waals surface area contributed by atoms with Crippen LogP contribution in [0.2, 0.25) is 5.02 Å². The lowest BCUT2D eigenvalue weighted by atomic mass is 10.3. The van der Waals surface area contributed by atoms with Crippen molar-refractivity contribution in [3.8, 4) is 0 Å². The lowest BCUT2D eigenvalue weighted by Crippen LogP contribution is -2.31. The summed E-state index contributed by atoms with van der Waals surface area (Å²) in [6, 6.07) is 3.02. The van der Waals surface area contributed by atoms with Gasteiger partial charge in [0.1, 0.15) is 5.82 Å². The molecular weight excluding hydrogens is 263 g/mol. The number of hydrogen-bond donors (Lipinski definition) is 2. The van der Waals surface area contributed by atoms with Gasteiger partial charge in [0.15, 0.2) is 0 Å². The molecule has 2 aromatic rings. The van der Waals surface area contributed by atoms with Crippen molar-refractivity contribution >= 4 is 17.4 Å². The van der Waals surface area contributed by atoms with Crippen LogP contribution in [0.3, 0.4) is 0 Å². The summed E-state index contributed by atoms with van der Waals surface area (Å²) in [5, 5.41) is 0.294. The predicted octanol–water partition coefficient (Wildman–Crippen LogP) is 0.355. The Hall–Kier alpha value is -2.15. The Morgan fingerprint density at radius 2 is 2.17 bits per heavy atom. The molecule has 94 valence electrons. The molecule has 0 saturated heterocycles. The van der Waals surface area contributed by atoms with Gasteiger partial charge in [0.2, 0.25) is 5.82 Å². The van der Waals surface area contributed by atoms with Crippen LogP contribution < -0.4 is 17.0 Å². The highest BCUT2D eigenvalue weighted by atomic mass is 35.5. The first-order valence-corrected chi connectivity index (χ1v) is 5.25. The largest absolute Gasteiger partial charge is 0.384 e. The minimum Gasteiger partial charge on any atom is -0.384 e. The number of nitrogens with zero attached hydrogens (tertiary/aromatic N) is 2. The van der Waals surface area contributed by atoms with Crippen LogP contribution in [0, 0.1) is 5.82 Å². The molecule has 0 amide bonds. The fourth-order valence-corrected chi connectivity index (χ4v) is 1.54. The smallest absolute Gasteiger partial charge is 0.328 e. The van der Waals surface area contributed by atoms with Gasteiger partial charge in [-0.15, -0.1) is 0 Å². The van der Waals surface area contributed by atoms with Crippen LogP contribution in [0.25, 0.3) is 0 Å². The molecule has 8 heteroatoms. The summed E-state index contributed by atoms with van der Waals surface area (Å²) < 4.78 is 14.0. The second kappa shape index (κ2) is 4.61. The average molecular weight is 271 g/mol. The fourth-order valence-electron chi connectivity index (χ4n) is 1.37. The molecule has 2 rings (SSSR count). The van der Waals surface area contributed by atoms with Crippen molar-refractivity contribution in [3.05, 3.63) is 55.7 Å². The van der Waals surface area contributed by atoms with E-state index in [9.17, 15) is 14.0 Å². The van der Waals surface area contributed by atoms with Gasteiger partial charge < -0.3 is 5.73 Å². The fraction of sp³-hybridized carbons (Fsp3) is 0.100. The van der Waals surface area contributed by atoms with E-state index in [0.717, 1.165) is 10.8 Å². The van der Waals surface area contributed by atoms with Crippen LogP contribution in [0.15, 0.2) is 27.9 Å². The summed E-state index contributed by atoms with van der Waals surface area (Å²) in [5.41, 5.74) is 3.98. The number of anilines is 1. The van der Waals surface area contributed by atoms with Gasteiger partial charge in [-0.05, 0) is 12.1 Å². The van der Waals surface area contributed by atoms with Gasteiger partial charge in [-0.25, -0.2) is 9.78 Å². The van der Waals surface area contributed by atoms with Crippen LogP contribution >= 0.6 is 11.6 Å². The summed E-state index contributed by atoms with van der Waals surface area (Å²) >= 11 is 5.87. The zero-order valence-corrected chi connectivity index (χ0v) is 9.74. The van der Waals surface area contributed by atoms with E-state index in [1.807, 2.05) is 4.98 Å². The number of pyridine rings is 1. The molecule has 0 bridgehead atoms. The molecule has 0 aliphatic rings. The maximum absolute atomic E-state index is 13.1. The molecule has 0 saturated carbocycles. The highest BCUT2D eigenvalue weighted by Gasteiger charge is 2.08. The lowest BCUT2D eigenvalue weighted by molar-refractivity contribution is 0.564. The van der Waals surface area contributed by atoms with Gasteiger partial charge in [-0.3, -0.25) is 14.3 Å². The second-order valence-corrected chi connectivity index (χ2v) is 3.94. The topological polar surface area (TPSA) is 93.8 Å². The second-order valence-electron chi connectivity index (χ2n) is 3.53. The normalized spacial score (nSPS) is 10.6. The van der Waals surface area contributed by atoms with Crippen molar-refractivity contribution < 1.29 is 4.39 Å². The summed E-state index contributed by atoms with van der Waals surface area (Å²) in [4.78, 5) is 28.1. The Morgan fingerprint density at radius 1 is 1.44 bits per heavy atom. The third-order valence-corrected chi connectivity index (χ3v) is 2.57. The van der Waals surface area contributed by atoms with Gasteiger partial charge in [0.05, 0.1) is 23.5 Å². The molecule has 3 N–H and O–H groups in total. The number of hydrogen-bond acceptors (Lipinski definition) is 4. The van der Waals surface area contributed by atoms with Crippen LogP contribution in [0.5, 0.6) is 0 Å². The van der Waals surface area contributed by atoms with E-state index in [2.05, 4.69) is 4.98 Å². The lowest BCUT2D eigenvalue weighted by Gasteiger charge is -2.06. The van der Waals surface area contributed by atoms with E-state index >= 15 is 0 Å².